The molecule has 0 aliphatic heterocycles. The van der Waals surface area contributed by atoms with Crippen LogP contribution in [0.2, 0.25) is 0 Å². The zero-order valence-corrected chi connectivity index (χ0v) is 9.88. The molecule has 0 heterocycles. The molecule has 0 unspecified atom stereocenters. The monoisotopic (exact) mass is 334 g/mol. The molecule has 1 rings (SSSR count). The minimum Gasteiger partial charge on any atom is -0.212 e. The largest absolute Gasteiger partial charge is 0.241 e. The smallest absolute Gasteiger partial charge is 0.212 e. The van der Waals surface area contributed by atoms with Gasteiger partial charge in [0.2, 0.25) is 8.27 Å². The third-order valence-electron chi connectivity index (χ3n) is 1.21. The average Bonchev–Trinajstić information content (AvgIpc) is 1.78. The fourth-order valence-electron chi connectivity index (χ4n) is 0.762. The number of hydrogen-bond acceptors (Lipinski definition) is 2. The highest BCUT2D eigenvalue weighted by Gasteiger charge is 2.20. The molecule has 0 spiro atoms. The van der Waals surface area contributed by atoms with Gasteiger partial charge in [0.1, 0.15) is 16.5 Å². The quantitative estimate of drug-likeness (QED) is 0.739. The van der Waals surface area contributed by atoms with Crippen LogP contribution in [0.15, 0.2) is 21.5 Å². The molecule has 0 bridgehead atoms. The van der Waals surface area contributed by atoms with E-state index in [0.717, 1.165) is 6.07 Å². The maximum atomic E-state index is 12.9. The summed E-state index contributed by atoms with van der Waals surface area (Å²) in [5.41, 5.74) is 0. The number of halogens is 4. The second-order valence-corrected chi connectivity index (χ2v) is 6.83. The predicted molar refractivity (Wildman–Crippen MR) is 50.2 cm³/mol. The van der Waals surface area contributed by atoms with Crippen molar-refractivity contribution in [1.82, 2.24) is 0 Å². The van der Waals surface area contributed by atoms with Gasteiger partial charge in [-0.3, -0.25) is 0 Å². The molecule has 1 aromatic carbocycles. The first-order valence-electron chi connectivity index (χ1n) is 2.91. The van der Waals surface area contributed by atoms with E-state index in [1.54, 1.807) is 0 Å². The van der Waals surface area contributed by atoms with Crippen molar-refractivity contribution in [3.8, 4) is 0 Å². The van der Waals surface area contributed by atoms with Crippen LogP contribution in [-0.4, -0.2) is 8.42 Å². The van der Waals surface area contributed by atoms with Gasteiger partial charge >= 0.3 is 0 Å². The second kappa shape index (κ2) is 3.62. The second-order valence-electron chi connectivity index (χ2n) is 2.14. The molecular formula is C6H2Br2F2O2S. The van der Waals surface area contributed by atoms with E-state index in [4.69, 9.17) is 0 Å². The lowest BCUT2D eigenvalue weighted by Gasteiger charge is -2.01. The Kier molecular flexibility index (Phi) is 3.09. The maximum Gasteiger partial charge on any atom is 0.241 e. The lowest BCUT2D eigenvalue weighted by molar-refractivity contribution is 0.551. The minimum absolute atomic E-state index is 0.151. The highest BCUT2D eigenvalue weighted by Crippen LogP contribution is 2.29. The summed E-state index contributed by atoms with van der Waals surface area (Å²) in [6.45, 7) is 0. The van der Waals surface area contributed by atoms with Crippen molar-refractivity contribution in [3.63, 3.8) is 0 Å². The minimum atomic E-state index is -3.86. The van der Waals surface area contributed by atoms with Gasteiger partial charge in [-0.15, -0.1) is 0 Å². The molecule has 72 valence electrons. The van der Waals surface area contributed by atoms with Gasteiger partial charge in [-0.1, -0.05) is 0 Å². The molecule has 0 atom stereocenters. The molecule has 0 aromatic heterocycles. The van der Waals surface area contributed by atoms with Gasteiger partial charge in [-0.2, -0.15) is 0 Å². The first kappa shape index (κ1) is 11.1. The molecule has 1 aromatic rings. The zero-order valence-electron chi connectivity index (χ0n) is 5.89. The summed E-state index contributed by atoms with van der Waals surface area (Å²) in [7, 11) is -3.86. The van der Waals surface area contributed by atoms with Gasteiger partial charge in [-0.05, 0) is 22.0 Å². The van der Waals surface area contributed by atoms with Gasteiger partial charge in [0.15, 0.2) is 0 Å². The number of rotatable bonds is 1. The van der Waals surface area contributed by atoms with Gasteiger partial charge in [0.25, 0.3) is 0 Å². The summed E-state index contributed by atoms with van der Waals surface area (Å²) in [5.74, 6) is -1.98. The maximum absolute atomic E-state index is 12.9. The van der Waals surface area contributed by atoms with Crippen molar-refractivity contribution in [2.75, 3.05) is 0 Å². The van der Waals surface area contributed by atoms with Crippen LogP contribution < -0.4 is 0 Å². The SMILES string of the molecule is O=S(=O)(Br)c1c(F)cc(F)cc1Br. The molecule has 7 heteroatoms. The highest BCUT2D eigenvalue weighted by atomic mass is 79.9. The van der Waals surface area contributed by atoms with E-state index in [9.17, 15) is 17.2 Å². The Morgan fingerprint density at radius 3 is 2.15 bits per heavy atom. The van der Waals surface area contributed by atoms with E-state index in [1.165, 1.54) is 0 Å². The molecule has 0 saturated heterocycles. The lowest BCUT2D eigenvalue weighted by Crippen LogP contribution is -1.97. The van der Waals surface area contributed by atoms with Crippen LogP contribution in [-0.2, 0) is 8.27 Å². The molecule has 0 N–H and O–H groups in total. The summed E-state index contributed by atoms with van der Waals surface area (Å²) >= 11 is 5.04. The third kappa shape index (κ3) is 2.47. The summed E-state index contributed by atoms with van der Waals surface area (Å²) in [4.78, 5) is -0.603. The van der Waals surface area contributed by atoms with E-state index < -0.39 is 24.8 Å². The molecule has 0 fully saturated rings. The Labute approximate surface area is 89.2 Å². The Hall–Kier alpha value is -0.0100. The fraction of sp³-hybridized carbons (Fsp3) is 0. The molecule has 13 heavy (non-hydrogen) atoms. The van der Waals surface area contributed by atoms with Crippen LogP contribution in [0.4, 0.5) is 8.78 Å². The Morgan fingerprint density at radius 1 is 1.23 bits per heavy atom. The fourth-order valence-corrected chi connectivity index (χ4v) is 4.03. The van der Waals surface area contributed by atoms with E-state index in [-0.39, 0.29) is 4.47 Å². The van der Waals surface area contributed by atoms with Crippen molar-refractivity contribution in [2.45, 2.75) is 4.90 Å². The van der Waals surface area contributed by atoms with Crippen LogP contribution in [0.3, 0.4) is 0 Å². The topological polar surface area (TPSA) is 34.1 Å². The average molecular weight is 336 g/mol. The summed E-state index contributed by atoms with van der Waals surface area (Å²) in [6.07, 6.45) is 0. The summed E-state index contributed by atoms with van der Waals surface area (Å²) in [5, 5.41) is 0. The van der Waals surface area contributed by atoms with Crippen LogP contribution in [0.25, 0.3) is 0 Å². The van der Waals surface area contributed by atoms with Crippen molar-refractivity contribution in [3.05, 3.63) is 28.2 Å². The van der Waals surface area contributed by atoms with Crippen LogP contribution in [0, 0.1) is 11.6 Å². The van der Waals surface area contributed by atoms with E-state index in [1.807, 2.05) is 0 Å². The van der Waals surface area contributed by atoms with Crippen LogP contribution in [0.1, 0.15) is 0 Å². The highest BCUT2D eigenvalue weighted by molar-refractivity contribution is 9.47. The summed E-state index contributed by atoms with van der Waals surface area (Å²) in [6, 6.07) is 1.37. The third-order valence-corrected chi connectivity index (χ3v) is 3.97. The molecule has 0 aliphatic carbocycles. The van der Waals surface area contributed by atoms with Gasteiger partial charge in [-0.25, -0.2) is 17.2 Å². The molecule has 0 radical (unpaired) electrons. The van der Waals surface area contributed by atoms with E-state index in [0.29, 0.717) is 6.07 Å². The first-order valence-corrected chi connectivity index (χ1v) is 7.03. The molecular weight excluding hydrogens is 334 g/mol. The van der Waals surface area contributed by atoms with Crippen molar-refractivity contribution >= 4 is 39.0 Å². The molecule has 2 nitrogen and oxygen atoms in total. The Balaban J connectivity index is 3.57. The van der Waals surface area contributed by atoms with E-state index in [2.05, 4.69) is 30.7 Å². The van der Waals surface area contributed by atoms with Crippen molar-refractivity contribution in [2.24, 2.45) is 0 Å². The number of hydrogen-bond donors (Lipinski definition) is 0. The normalized spacial score (nSPS) is 11.7. The predicted octanol–water partition coefficient (Wildman–Crippen LogP) is 2.81. The van der Waals surface area contributed by atoms with Gasteiger partial charge in [0, 0.05) is 10.5 Å². The molecule has 0 amide bonds. The Bertz CT molecular complexity index is 421. The first-order chi connectivity index (χ1) is 5.82. The van der Waals surface area contributed by atoms with Gasteiger partial charge in [0.05, 0.1) is 14.8 Å². The van der Waals surface area contributed by atoms with Crippen LogP contribution >= 0.6 is 30.7 Å². The van der Waals surface area contributed by atoms with Crippen molar-refractivity contribution < 1.29 is 17.2 Å². The summed E-state index contributed by atoms with van der Waals surface area (Å²) < 4.78 is 47.1. The van der Waals surface area contributed by atoms with Crippen LogP contribution in [0.5, 0.6) is 0 Å². The molecule has 0 aliphatic rings. The lowest BCUT2D eigenvalue weighted by atomic mass is 10.3. The van der Waals surface area contributed by atoms with E-state index >= 15 is 0 Å². The standard InChI is InChI=1S/C6H2Br2F2O2S/c7-4-1-3(9)2-5(10)6(4)13(8,11)12/h1-2H. The number of benzene rings is 1. The van der Waals surface area contributed by atoms with Crippen molar-refractivity contribution in [1.29, 1.82) is 0 Å². The van der Waals surface area contributed by atoms with Gasteiger partial charge < -0.3 is 0 Å². The zero-order chi connectivity index (χ0) is 10.2. The Morgan fingerprint density at radius 2 is 1.77 bits per heavy atom. The molecule has 0 saturated carbocycles.